The highest BCUT2D eigenvalue weighted by atomic mass is 16.3. The Morgan fingerprint density at radius 2 is 2.18 bits per heavy atom. The van der Waals surface area contributed by atoms with E-state index in [9.17, 15) is 15.0 Å². The lowest BCUT2D eigenvalue weighted by Gasteiger charge is -2.18. The molecule has 0 amide bonds. The summed E-state index contributed by atoms with van der Waals surface area (Å²) >= 11 is 0. The Bertz CT molecular complexity index is 461. The average Bonchev–Trinajstić information content (AvgIpc) is 2.57. The first-order valence-corrected chi connectivity index (χ1v) is 5.36. The molecular weight excluding hydrogens is 226 g/mol. The summed E-state index contributed by atoms with van der Waals surface area (Å²) < 4.78 is 1.24. The topological polar surface area (TPSA) is 122 Å². The second kappa shape index (κ2) is 4.44. The monoisotopic (exact) mass is 241 g/mol. The molecule has 0 unspecified atom stereocenters. The molecule has 1 aromatic rings. The second-order valence-corrected chi connectivity index (χ2v) is 4.27. The molecule has 1 heterocycles. The van der Waals surface area contributed by atoms with Crippen molar-refractivity contribution >= 4 is 5.82 Å². The Balaban J connectivity index is 2.32. The maximum Gasteiger partial charge on any atom is 0.349 e. The van der Waals surface area contributed by atoms with Crippen molar-refractivity contribution in [1.82, 2.24) is 9.55 Å². The lowest BCUT2D eigenvalue weighted by atomic mass is 10.1. The number of anilines is 1. The summed E-state index contributed by atoms with van der Waals surface area (Å²) in [5, 5.41) is 28.5. The fourth-order valence-corrected chi connectivity index (χ4v) is 2.23. The second-order valence-electron chi connectivity index (χ2n) is 4.27. The Kier molecular flexibility index (Phi) is 3.14. The largest absolute Gasteiger partial charge is 0.396 e. The molecule has 0 aliphatic heterocycles. The number of aliphatic hydroxyl groups excluding tert-OH is 3. The quantitative estimate of drug-likeness (QED) is 0.480. The zero-order chi connectivity index (χ0) is 12.6. The van der Waals surface area contributed by atoms with E-state index in [0.29, 0.717) is 6.42 Å². The number of nitrogens with two attached hydrogens (primary N) is 1. The molecule has 1 aliphatic rings. The first-order chi connectivity index (χ1) is 8.04. The fraction of sp³-hybridized carbons (Fsp3) is 0.600. The molecular formula is C10H15N3O4. The van der Waals surface area contributed by atoms with Crippen LogP contribution in [0.2, 0.25) is 0 Å². The zero-order valence-corrected chi connectivity index (χ0v) is 9.10. The lowest BCUT2D eigenvalue weighted by molar-refractivity contribution is -0.00453. The van der Waals surface area contributed by atoms with Crippen LogP contribution < -0.4 is 11.4 Å². The van der Waals surface area contributed by atoms with E-state index in [-0.39, 0.29) is 12.4 Å². The fourth-order valence-electron chi connectivity index (χ4n) is 2.23. The summed E-state index contributed by atoms with van der Waals surface area (Å²) in [6.45, 7) is -0.230. The number of nitrogens with zero attached hydrogens (tertiary/aromatic N) is 2. The minimum atomic E-state index is -1.09. The van der Waals surface area contributed by atoms with Gasteiger partial charge in [-0.05, 0) is 12.5 Å². The van der Waals surface area contributed by atoms with E-state index in [1.807, 2.05) is 0 Å². The van der Waals surface area contributed by atoms with Gasteiger partial charge in [-0.3, -0.25) is 4.57 Å². The third kappa shape index (κ3) is 2.04. The Morgan fingerprint density at radius 1 is 1.47 bits per heavy atom. The van der Waals surface area contributed by atoms with Crippen LogP contribution in [0.4, 0.5) is 5.82 Å². The van der Waals surface area contributed by atoms with Gasteiger partial charge in [0.15, 0.2) is 0 Å². The van der Waals surface area contributed by atoms with E-state index in [2.05, 4.69) is 4.98 Å². The minimum absolute atomic E-state index is 0.109. The molecule has 5 N–H and O–H groups in total. The highest BCUT2D eigenvalue weighted by Crippen LogP contribution is 2.34. The highest BCUT2D eigenvalue weighted by Gasteiger charge is 2.42. The smallest absolute Gasteiger partial charge is 0.349 e. The van der Waals surface area contributed by atoms with Crippen LogP contribution in [0, 0.1) is 5.92 Å². The first kappa shape index (κ1) is 12.0. The molecule has 2 rings (SSSR count). The Morgan fingerprint density at radius 3 is 2.71 bits per heavy atom. The van der Waals surface area contributed by atoms with Gasteiger partial charge in [-0.2, -0.15) is 4.98 Å². The molecule has 1 saturated carbocycles. The molecule has 0 aromatic carbocycles. The zero-order valence-electron chi connectivity index (χ0n) is 9.10. The van der Waals surface area contributed by atoms with Gasteiger partial charge in [-0.15, -0.1) is 0 Å². The Hall–Kier alpha value is -1.44. The van der Waals surface area contributed by atoms with Crippen molar-refractivity contribution in [3.8, 4) is 0 Å². The van der Waals surface area contributed by atoms with E-state index in [1.54, 1.807) is 0 Å². The number of nitrogen functional groups attached to an aromatic ring is 1. The van der Waals surface area contributed by atoms with Crippen LogP contribution in [0.3, 0.4) is 0 Å². The molecule has 7 nitrogen and oxygen atoms in total. The minimum Gasteiger partial charge on any atom is -0.396 e. The number of hydrogen-bond acceptors (Lipinski definition) is 6. The van der Waals surface area contributed by atoms with E-state index in [4.69, 9.17) is 10.8 Å². The van der Waals surface area contributed by atoms with Crippen molar-refractivity contribution in [2.75, 3.05) is 12.3 Å². The molecule has 0 saturated heterocycles. The molecule has 17 heavy (non-hydrogen) atoms. The van der Waals surface area contributed by atoms with E-state index < -0.39 is 29.9 Å². The van der Waals surface area contributed by atoms with Crippen LogP contribution in [-0.4, -0.2) is 43.7 Å². The maximum atomic E-state index is 11.6. The Labute approximate surface area is 97.1 Å². The predicted molar refractivity (Wildman–Crippen MR) is 59.2 cm³/mol. The van der Waals surface area contributed by atoms with Gasteiger partial charge in [0.25, 0.3) is 0 Å². The SMILES string of the molecule is Nc1ccn([C@@H]2C[C@H](CO)[C@@H](O)[C@@H]2O)c(=O)n1. The van der Waals surface area contributed by atoms with Gasteiger partial charge >= 0.3 is 5.69 Å². The normalized spacial score (nSPS) is 32.9. The predicted octanol–water partition coefficient (Wildman–Crippen LogP) is -1.90. The molecule has 0 radical (unpaired) electrons. The number of rotatable bonds is 2. The summed E-state index contributed by atoms with van der Waals surface area (Å²) in [7, 11) is 0. The molecule has 7 heteroatoms. The summed E-state index contributed by atoms with van der Waals surface area (Å²) in [6, 6.07) is 0.870. The van der Waals surface area contributed by atoms with E-state index in [0.717, 1.165) is 0 Å². The van der Waals surface area contributed by atoms with Crippen molar-refractivity contribution in [3.05, 3.63) is 22.7 Å². The maximum absolute atomic E-state index is 11.6. The molecule has 1 aliphatic carbocycles. The molecule has 94 valence electrons. The standard InChI is InChI=1S/C10H15N3O4/c11-7-1-2-13(10(17)12-7)6-3-5(4-14)8(15)9(6)16/h1-2,5-6,8-9,14-16H,3-4H2,(H2,11,12,17)/t5-,6-,8-,9-/m1/s1. The average molecular weight is 241 g/mol. The summed E-state index contributed by atoms with van der Waals surface area (Å²) in [6.07, 6.45) is -0.361. The van der Waals surface area contributed by atoms with Crippen LogP contribution in [0.1, 0.15) is 12.5 Å². The summed E-state index contributed by atoms with van der Waals surface area (Å²) in [5.41, 5.74) is 4.80. The van der Waals surface area contributed by atoms with Crippen molar-refractivity contribution in [2.45, 2.75) is 24.7 Å². The van der Waals surface area contributed by atoms with Gasteiger partial charge < -0.3 is 21.1 Å². The van der Waals surface area contributed by atoms with Gasteiger partial charge in [-0.25, -0.2) is 4.79 Å². The van der Waals surface area contributed by atoms with E-state index >= 15 is 0 Å². The molecule has 1 fully saturated rings. The molecule has 4 atom stereocenters. The first-order valence-electron chi connectivity index (χ1n) is 5.36. The summed E-state index contributed by atoms with van der Waals surface area (Å²) in [5.74, 6) is -0.322. The number of aliphatic hydroxyl groups is 3. The number of aromatic nitrogens is 2. The third-order valence-electron chi connectivity index (χ3n) is 3.21. The molecule has 1 aromatic heterocycles. The van der Waals surface area contributed by atoms with Crippen LogP contribution >= 0.6 is 0 Å². The van der Waals surface area contributed by atoms with Gasteiger partial charge in [-0.1, -0.05) is 0 Å². The summed E-state index contributed by atoms with van der Waals surface area (Å²) in [4.78, 5) is 15.1. The van der Waals surface area contributed by atoms with Crippen LogP contribution in [0.25, 0.3) is 0 Å². The highest BCUT2D eigenvalue weighted by molar-refractivity contribution is 5.23. The van der Waals surface area contributed by atoms with Gasteiger partial charge in [0.2, 0.25) is 0 Å². The van der Waals surface area contributed by atoms with Crippen molar-refractivity contribution < 1.29 is 15.3 Å². The van der Waals surface area contributed by atoms with Crippen LogP contribution in [-0.2, 0) is 0 Å². The van der Waals surface area contributed by atoms with Crippen molar-refractivity contribution in [3.63, 3.8) is 0 Å². The van der Waals surface area contributed by atoms with Crippen molar-refractivity contribution in [2.24, 2.45) is 5.92 Å². The third-order valence-corrected chi connectivity index (χ3v) is 3.21. The van der Waals surface area contributed by atoms with E-state index in [1.165, 1.54) is 16.8 Å². The van der Waals surface area contributed by atoms with Gasteiger partial charge in [0, 0.05) is 18.7 Å². The van der Waals surface area contributed by atoms with Crippen molar-refractivity contribution in [1.29, 1.82) is 0 Å². The molecule has 0 spiro atoms. The van der Waals surface area contributed by atoms with Crippen LogP contribution in [0.15, 0.2) is 17.1 Å². The number of hydrogen-bond donors (Lipinski definition) is 4. The lowest BCUT2D eigenvalue weighted by Crippen LogP contribution is -2.35. The molecule has 0 bridgehead atoms. The van der Waals surface area contributed by atoms with Gasteiger partial charge in [0.1, 0.15) is 11.9 Å². The van der Waals surface area contributed by atoms with Crippen LogP contribution in [0.5, 0.6) is 0 Å². The van der Waals surface area contributed by atoms with Gasteiger partial charge in [0.05, 0.1) is 12.1 Å².